The van der Waals surface area contributed by atoms with Crippen molar-refractivity contribution in [3.05, 3.63) is 67.0 Å². The van der Waals surface area contributed by atoms with Crippen LogP contribution in [0.2, 0.25) is 0 Å². The van der Waals surface area contributed by atoms with E-state index in [1.807, 2.05) is 30.6 Å². The van der Waals surface area contributed by atoms with Gasteiger partial charge in [-0.1, -0.05) is 42.5 Å². The molecule has 1 N–H and O–H groups in total. The average Bonchev–Trinajstić information content (AvgIpc) is 2.91. The van der Waals surface area contributed by atoms with Crippen molar-refractivity contribution in [2.24, 2.45) is 0 Å². The number of aromatic nitrogens is 2. The van der Waals surface area contributed by atoms with Crippen molar-refractivity contribution in [3.63, 3.8) is 0 Å². The van der Waals surface area contributed by atoms with E-state index in [1.54, 1.807) is 0 Å². The number of hydrogen-bond acceptors (Lipinski definition) is 1. The third-order valence-electron chi connectivity index (χ3n) is 3.48. The third kappa shape index (κ3) is 1.61. The predicted molar refractivity (Wildman–Crippen MR) is 79.0 cm³/mol. The number of benzene rings is 2. The number of pyridine rings is 1. The van der Waals surface area contributed by atoms with Gasteiger partial charge in [-0.15, -0.1) is 0 Å². The molecule has 0 aliphatic carbocycles. The Kier molecular flexibility index (Phi) is 2.15. The van der Waals surface area contributed by atoms with Crippen LogP contribution >= 0.6 is 0 Å². The molecule has 0 fully saturated rings. The molecule has 0 aliphatic heterocycles. The van der Waals surface area contributed by atoms with Crippen molar-refractivity contribution in [1.29, 1.82) is 0 Å². The number of nitrogens with zero attached hydrogens (tertiary/aromatic N) is 1. The molecule has 0 atom stereocenters. The molecule has 0 amide bonds. The Labute approximate surface area is 110 Å². The lowest BCUT2D eigenvalue weighted by Gasteiger charge is -2.02. The SMILES string of the molecule is c1ccc2ncc(-c3[nH]cc4ccccc34)cc2c1. The van der Waals surface area contributed by atoms with Gasteiger partial charge in [0.1, 0.15) is 0 Å². The van der Waals surface area contributed by atoms with Crippen LogP contribution in [0.15, 0.2) is 67.0 Å². The molecule has 4 rings (SSSR count). The number of para-hydroxylation sites is 1. The molecule has 0 aliphatic rings. The van der Waals surface area contributed by atoms with E-state index >= 15 is 0 Å². The Bertz CT molecular complexity index is 874. The van der Waals surface area contributed by atoms with Gasteiger partial charge < -0.3 is 4.98 Å². The van der Waals surface area contributed by atoms with Crippen molar-refractivity contribution in [2.75, 3.05) is 0 Å². The van der Waals surface area contributed by atoms with Gasteiger partial charge in [-0.05, 0) is 17.5 Å². The second-order valence-corrected chi connectivity index (χ2v) is 4.67. The largest absolute Gasteiger partial charge is 0.360 e. The van der Waals surface area contributed by atoms with Gasteiger partial charge in [0.25, 0.3) is 0 Å². The second-order valence-electron chi connectivity index (χ2n) is 4.67. The summed E-state index contributed by atoms with van der Waals surface area (Å²) in [7, 11) is 0. The van der Waals surface area contributed by atoms with Gasteiger partial charge >= 0.3 is 0 Å². The molecule has 2 aromatic heterocycles. The minimum Gasteiger partial charge on any atom is -0.360 e. The van der Waals surface area contributed by atoms with Crippen LogP contribution in [0.4, 0.5) is 0 Å². The van der Waals surface area contributed by atoms with E-state index in [4.69, 9.17) is 0 Å². The Morgan fingerprint density at radius 2 is 1.63 bits per heavy atom. The summed E-state index contributed by atoms with van der Waals surface area (Å²) in [6.07, 6.45) is 3.97. The maximum absolute atomic E-state index is 4.52. The quantitative estimate of drug-likeness (QED) is 0.528. The summed E-state index contributed by atoms with van der Waals surface area (Å²) >= 11 is 0. The van der Waals surface area contributed by atoms with Crippen molar-refractivity contribution in [2.45, 2.75) is 0 Å². The predicted octanol–water partition coefficient (Wildman–Crippen LogP) is 4.38. The normalized spacial score (nSPS) is 11.2. The van der Waals surface area contributed by atoms with Gasteiger partial charge in [0.15, 0.2) is 0 Å². The molecule has 0 saturated carbocycles. The fourth-order valence-corrected chi connectivity index (χ4v) is 2.52. The molecule has 0 unspecified atom stereocenters. The van der Waals surface area contributed by atoms with E-state index in [-0.39, 0.29) is 0 Å². The summed E-state index contributed by atoms with van der Waals surface area (Å²) in [5.74, 6) is 0. The molecule has 0 saturated heterocycles. The standard InChI is InChI=1S/C17H12N2/c1-3-7-15-13(6-1)10-19-17(15)14-9-12-5-2-4-8-16(12)18-11-14/h1-11,19H. The van der Waals surface area contributed by atoms with Crippen LogP contribution in [-0.2, 0) is 0 Å². The summed E-state index contributed by atoms with van der Waals surface area (Å²) in [5.41, 5.74) is 3.29. The van der Waals surface area contributed by atoms with Crippen LogP contribution < -0.4 is 0 Å². The average molecular weight is 244 g/mol. The van der Waals surface area contributed by atoms with E-state index in [9.17, 15) is 0 Å². The Morgan fingerprint density at radius 1 is 0.842 bits per heavy atom. The van der Waals surface area contributed by atoms with E-state index in [0.29, 0.717) is 0 Å². The third-order valence-corrected chi connectivity index (χ3v) is 3.48. The lowest BCUT2D eigenvalue weighted by molar-refractivity contribution is 1.36. The number of aromatic amines is 1. The summed E-state index contributed by atoms with van der Waals surface area (Å²) in [4.78, 5) is 7.88. The van der Waals surface area contributed by atoms with Crippen LogP contribution in [0.5, 0.6) is 0 Å². The smallest absolute Gasteiger partial charge is 0.0702 e. The maximum atomic E-state index is 4.52. The summed E-state index contributed by atoms with van der Waals surface area (Å²) in [6.45, 7) is 0. The van der Waals surface area contributed by atoms with E-state index in [2.05, 4.69) is 46.4 Å². The molecular formula is C17H12N2. The highest BCUT2D eigenvalue weighted by Gasteiger charge is 2.06. The van der Waals surface area contributed by atoms with Crippen LogP contribution in [0.3, 0.4) is 0 Å². The van der Waals surface area contributed by atoms with E-state index in [0.717, 1.165) is 16.8 Å². The summed E-state index contributed by atoms with van der Waals surface area (Å²) in [6, 6.07) is 18.7. The molecule has 0 bridgehead atoms. The fraction of sp³-hybridized carbons (Fsp3) is 0. The maximum Gasteiger partial charge on any atom is 0.0702 e. The highest BCUT2D eigenvalue weighted by Crippen LogP contribution is 2.28. The molecule has 4 aromatic rings. The summed E-state index contributed by atoms with van der Waals surface area (Å²) < 4.78 is 0. The minimum atomic E-state index is 1.03. The first-order valence-corrected chi connectivity index (χ1v) is 6.33. The Balaban J connectivity index is 1.99. The van der Waals surface area contributed by atoms with Gasteiger partial charge in [-0.3, -0.25) is 4.98 Å². The Hall–Kier alpha value is -2.61. The number of hydrogen-bond donors (Lipinski definition) is 1. The highest BCUT2D eigenvalue weighted by atomic mass is 14.7. The zero-order valence-electron chi connectivity index (χ0n) is 10.3. The van der Waals surface area contributed by atoms with Crippen LogP contribution in [0.1, 0.15) is 0 Å². The zero-order valence-corrected chi connectivity index (χ0v) is 10.3. The van der Waals surface area contributed by atoms with Gasteiger partial charge in [0.2, 0.25) is 0 Å². The van der Waals surface area contributed by atoms with Gasteiger partial charge in [0, 0.05) is 28.7 Å². The molecule has 2 aromatic carbocycles. The number of H-pyrrole nitrogens is 1. The molecule has 19 heavy (non-hydrogen) atoms. The zero-order chi connectivity index (χ0) is 12.7. The van der Waals surface area contributed by atoms with Gasteiger partial charge in [-0.25, -0.2) is 0 Å². The minimum absolute atomic E-state index is 1.03. The van der Waals surface area contributed by atoms with Crippen molar-refractivity contribution >= 4 is 21.7 Å². The van der Waals surface area contributed by atoms with E-state index in [1.165, 1.54) is 16.2 Å². The molecule has 90 valence electrons. The second kappa shape index (κ2) is 3.95. The Morgan fingerprint density at radius 3 is 2.58 bits per heavy atom. The lowest BCUT2D eigenvalue weighted by atomic mass is 10.1. The van der Waals surface area contributed by atoms with Crippen LogP contribution in [0, 0.1) is 0 Å². The molecule has 0 spiro atoms. The van der Waals surface area contributed by atoms with Crippen molar-refractivity contribution < 1.29 is 0 Å². The molecule has 2 heterocycles. The van der Waals surface area contributed by atoms with Crippen LogP contribution in [-0.4, -0.2) is 9.97 Å². The van der Waals surface area contributed by atoms with Crippen molar-refractivity contribution in [1.82, 2.24) is 9.97 Å². The number of fused-ring (bicyclic) bond motifs is 2. The molecule has 0 radical (unpaired) electrons. The number of nitrogens with one attached hydrogen (secondary N) is 1. The first-order valence-electron chi connectivity index (χ1n) is 6.33. The lowest BCUT2D eigenvalue weighted by Crippen LogP contribution is -1.83. The van der Waals surface area contributed by atoms with E-state index < -0.39 is 0 Å². The molecule has 2 heteroatoms. The monoisotopic (exact) mass is 244 g/mol. The van der Waals surface area contributed by atoms with Crippen LogP contribution in [0.25, 0.3) is 32.9 Å². The van der Waals surface area contributed by atoms with Gasteiger partial charge in [0.05, 0.1) is 11.2 Å². The fourth-order valence-electron chi connectivity index (χ4n) is 2.52. The number of rotatable bonds is 1. The first-order chi connectivity index (χ1) is 9.42. The molecule has 2 nitrogen and oxygen atoms in total. The summed E-state index contributed by atoms with van der Waals surface area (Å²) in [5, 5.41) is 3.63. The van der Waals surface area contributed by atoms with Gasteiger partial charge in [-0.2, -0.15) is 0 Å². The first kappa shape index (κ1) is 10.3. The topological polar surface area (TPSA) is 28.7 Å². The highest BCUT2D eigenvalue weighted by molar-refractivity contribution is 5.97. The van der Waals surface area contributed by atoms with Crippen molar-refractivity contribution in [3.8, 4) is 11.3 Å². The molecular weight excluding hydrogens is 232 g/mol.